The van der Waals surface area contributed by atoms with Crippen molar-refractivity contribution in [2.75, 3.05) is 31.3 Å². The quantitative estimate of drug-likeness (QED) is 0.523. The van der Waals surface area contributed by atoms with E-state index in [-0.39, 0.29) is 18.2 Å². The van der Waals surface area contributed by atoms with Crippen molar-refractivity contribution in [3.8, 4) is 0 Å². The number of nitrogens with zero attached hydrogens (tertiary/aromatic N) is 1. The zero-order valence-corrected chi connectivity index (χ0v) is 17.2. The van der Waals surface area contributed by atoms with Crippen molar-refractivity contribution >= 4 is 46.8 Å². The largest absolute Gasteiger partial charge is 0.455 e. The lowest BCUT2D eigenvalue weighted by atomic mass is 10.2. The lowest BCUT2D eigenvalue weighted by molar-refractivity contribution is -0.149. The first-order valence-corrected chi connectivity index (χ1v) is 9.85. The highest BCUT2D eigenvalue weighted by molar-refractivity contribution is 8.00. The molecule has 0 saturated carbocycles. The van der Waals surface area contributed by atoms with Gasteiger partial charge in [-0.25, -0.2) is 0 Å². The molecule has 2 aromatic rings. The van der Waals surface area contributed by atoms with Gasteiger partial charge in [-0.05, 0) is 31.2 Å². The highest BCUT2D eigenvalue weighted by Gasteiger charge is 2.15. The number of aryl methyl sites for hydroxylation is 1. The number of benzene rings is 2. The molecule has 2 amide bonds. The van der Waals surface area contributed by atoms with Gasteiger partial charge in [0.15, 0.2) is 6.61 Å². The van der Waals surface area contributed by atoms with Gasteiger partial charge < -0.3 is 15.0 Å². The van der Waals surface area contributed by atoms with Crippen LogP contribution in [-0.4, -0.2) is 48.6 Å². The van der Waals surface area contributed by atoms with E-state index >= 15 is 0 Å². The number of carbonyl (C=O) groups excluding carboxylic acids is 3. The number of halogens is 1. The molecule has 0 saturated heterocycles. The molecule has 0 aliphatic rings. The molecule has 0 aliphatic heterocycles. The topological polar surface area (TPSA) is 75.7 Å². The van der Waals surface area contributed by atoms with E-state index in [4.69, 9.17) is 16.3 Å². The predicted octanol–water partition coefficient (Wildman–Crippen LogP) is 3.38. The fraction of sp³-hybridized carbons (Fsp3) is 0.250. The van der Waals surface area contributed by atoms with Gasteiger partial charge in [0.05, 0.1) is 17.3 Å². The molecule has 2 aromatic carbocycles. The summed E-state index contributed by atoms with van der Waals surface area (Å²) in [6.45, 7) is 1.39. The van der Waals surface area contributed by atoms with Gasteiger partial charge in [0.2, 0.25) is 5.91 Å². The highest BCUT2D eigenvalue weighted by Crippen LogP contribution is 2.26. The Balaban J connectivity index is 1.71. The minimum absolute atomic E-state index is 0.0363. The monoisotopic (exact) mass is 420 g/mol. The van der Waals surface area contributed by atoms with Gasteiger partial charge in [-0.15, -0.1) is 11.8 Å². The first-order chi connectivity index (χ1) is 13.3. The molecule has 2 rings (SSSR count). The normalized spacial score (nSPS) is 10.2. The summed E-state index contributed by atoms with van der Waals surface area (Å²) in [5.41, 5.74) is 1.74. The second-order valence-corrected chi connectivity index (χ2v) is 7.47. The molecule has 0 fully saturated rings. The summed E-state index contributed by atoms with van der Waals surface area (Å²) in [5.74, 6) is -1.29. The van der Waals surface area contributed by atoms with Crippen LogP contribution in [0.25, 0.3) is 0 Å². The van der Waals surface area contributed by atoms with Gasteiger partial charge >= 0.3 is 5.97 Å². The number of esters is 1. The van der Waals surface area contributed by atoms with Gasteiger partial charge in [0.1, 0.15) is 0 Å². The maximum Gasteiger partial charge on any atom is 0.316 e. The number of thioether (sulfide) groups is 1. The average molecular weight is 421 g/mol. The van der Waals surface area contributed by atoms with Gasteiger partial charge in [-0.1, -0.05) is 41.4 Å². The molecule has 0 heterocycles. The molecule has 0 spiro atoms. The number of carbonyl (C=O) groups is 3. The van der Waals surface area contributed by atoms with Crippen molar-refractivity contribution in [1.82, 2.24) is 4.90 Å². The van der Waals surface area contributed by atoms with Crippen LogP contribution in [0.15, 0.2) is 53.4 Å². The summed E-state index contributed by atoms with van der Waals surface area (Å²) >= 11 is 7.25. The number of hydrogen-bond acceptors (Lipinski definition) is 5. The van der Waals surface area contributed by atoms with Crippen LogP contribution in [0.4, 0.5) is 5.69 Å². The molecular formula is C20H21ClN2O4S. The van der Waals surface area contributed by atoms with Gasteiger partial charge in [0.25, 0.3) is 5.91 Å². The van der Waals surface area contributed by atoms with Gasteiger partial charge in [-0.3, -0.25) is 14.4 Å². The van der Waals surface area contributed by atoms with Crippen molar-refractivity contribution in [3.05, 3.63) is 59.1 Å². The molecule has 148 valence electrons. The van der Waals surface area contributed by atoms with E-state index in [1.165, 1.54) is 23.7 Å². The molecule has 0 radical (unpaired) electrons. The molecule has 1 N–H and O–H groups in total. The van der Waals surface area contributed by atoms with Crippen LogP contribution in [0.2, 0.25) is 5.02 Å². The Bertz CT molecular complexity index is 842. The summed E-state index contributed by atoms with van der Waals surface area (Å²) in [7, 11) is 1.48. The Hall–Kier alpha value is -2.51. The lowest BCUT2D eigenvalue weighted by Crippen LogP contribution is -2.37. The van der Waals surface area contributed by atoms with Crippen molar-refractivity contribution in [3.63, 3.8) is 0 Å². The van der Waals surface area contributed by atoms with E-state index in [2.05, 4.69) is 5.32 Å². The summed E-state index contributed by atoms with van der Waals surface area (Å²) in [6, 6.07) is 14.5. The third kappa shape index (κ3) is 7.25. The van der Waals surface area contributed by atoms with Crippen LogP contribution in [-0.2, 0) is 19.1 Å². The van der Waals surface area contributed by atoms with Crippen LogP contribution < -0.4 is 5.32 Å². The summed E-state index contributed by atoms with van der Waals surface area (Å²) in [5, 5.41) is 3.26. The average Bonchev–Trinajstić information content (AvgIpc) is 2.67. The first kappa shape index (κ1) is 21.8. The van der Waals surface area contributed by atoms with E-state index in [0.29, 0.717) is 10.7 Å². The molecule has 6 nitrogen and oxygen atoms in total. The maximum atomic E-state index is 12.0. The van der Waals surface area contributed by atoms with Crippen molar-refractivity contribution in [2.24, 2.45) is 0 Å². The zero-order chi connectivity index (χ0) is 20.5. The standard InChI is InChI=1S/C20H21ClN2O4S/c1-14-7-9-15(10-8-14)22-18(24)11-23(2)19(25)12-27-20(26)13-28-17-6-4-3-5-16(17)21/h3-10H,11-13H2,1-2H3,(H,22,24). The molecule has 0 aromatic heterocycles. The Morgan fingerprint density at radius 1 is 1.11 bits per heavy atom. The van der Waals surface area contributed by atoms with Crippen molar-refractivity contribution in [1.29, 1.82) is 0 Å². The van der Waals surface area contributed by atoms with E-state index in [1.807, 2.05) is 25.1 Å². The van der Waals surface area contributed by atoms with E-state index < -0.39 is 18.5 Å². The molecular weight excluding hydrogens is 400 g/mol. The Kier molecular flexibility index (Phi) is 8.35. The molecule has 8 heteroatoms. The number of nitrogens with one attached hydrogen (secondary N) is 1. The van der Waals surface area contributed by atoms with Gasteiger partial charge in [-0.2, -0.15) is 0 Å². The smallest absolute Gasteiger partial charge is 0.316 e. The zero-order valence-electron chi connectivity index (χ0n) is 15.6. The SMILES string of the molecule is Cc1ccc(NC(=O)CN(C)C(=O)COC(=O)CSc2ccccc2Cl)cc1. The van der Waals surface area contributed by atoms with Crippen molar-refractivity contribution in [2.45, 2.75) is 11.8 Å². The van der Waals surface area contributed by atoms with Crippen LogP contribution in [0.3, 0.4) is 0 Å². The first-order valence-electron chi connectivity index (χ1n) is 8.48. The molecule has 0 unspecified atom stereocenters. The second-order valence-electron chi connectivity index (χ2n) is 6.04. The molecule has 0 atom stereocenters. The van der Waals surface area contributed by atoms with Crippen LogP contribution in [0.1, 0.15) is 5.56 Å². The Morgan fingerprint density at radius 3 is 2.46 bits per heavy atom. The van der Waals surface area contributed by atoms with Gasteiger partial charge in [0, 0.05) is 17.6 Å². The number of hydrogen-bond donors (Lipinski definition) is 1. The van der Waals surface area contributed by atoms with Crippen LogP contribution in [0, 0.1) is 6.92 Å². The van der Waals surface area contributed by atoms with Crippen LogP contribution in [0.5, 0.6) is 0 Å². The van der Waals surface area contributed by atoms with E-state index in [1.54, 1.807) is 30.3 Å². The molecule has 28 heavy (non-hydrogen) atoms. The summed E-state index contributed by atoms with van der Waals surface area (Å²) in [6.07, 6.45) is 0. The number of rotatable bonds is 8. The minimum Gasteiger partial charge on any atom is -0.455 e. The van der Waals surface area contributed by atoms with Crippen LogP contribution >= 0.6 is 23.4 Å². The highest BCUT2D eigenvalue weighted by atomic mass is 35.5. The van der Waals surface area contributed by atoms with E-state index in [9.17, 15) is 14.4 Å². The summed E-state index contributed by atoms with van der Waals surface area (Å²) < 4.78 is 4.97. The molecule has 0 aliphatic carbocycles. The number of ether oxygens (including phenoxy) is 1. The van der Waals surface area contributed by atoms with Crippen molar-refractivity contribution < 1.29 is 19.1 Å². The lowest BCUT2D eigenvalue weighted by Gasteiger charge is -2.17. The Labute approximate surface area is 173 Å². The Morgan fingerprint density at radius 2 is 1.79 bits per heavy atom. The minimum atomic E-state index is -0.532. The fourth-order valence-corrected chi connectivity index (χ4v) is 3.17. The summed E-state index contributed by atoms with van der Waals surface area (Å²) in [4.78, 5) is 37.8. The number of amides is 2. The third-order valence-electron chi connectivity index (χ3n) is 3.68. The molecule has 0 bridgehead atoms. The number of likely N-dealkylation sites (N-methyl/N-ethyl adjacent to an activating group) is 1. The third-order valence-corrected chi connectivity index (χ3v) is 5.17. The number of anilines is 1. The predicted molar refractivity (Wildman–Crippen MR) is 111 cm³/mol. The second kappa shape index (κ2) is 10.7. The maximum absolute atomic E-state index is 12.0. The fourth-order valence-electron chi connectivity index (χ4n) is 2.13. The van der Waals surface area contributed by atoms with E-state index in [0.717, 1.165) is 10.5 Å².